The molecule has 0 saturated heterocycles. The van der Waals surface area contributed by atoms with Gasteiger partial charge in [0.15, 0.2) is 0 Å². The van der Waals surface area contributed by atoms with Crippen molar-refractivity contribution < 1.29 is 4.42 Å². The second-order valence-corrected chi connectivity index (χ2v) is 3.38. The fraction of sp³-hybridized carbons (Fsp3) is 0.273. The number of furan rings is 1. The van der Waals surface area contributed by atoms with Crippen molar-refractivity contribution in [3.8, 4) is 11.3 Å². The third kappa shape index (κ3) is 1.83. The maximum Gasteiger partial charge on any atom is 0.148 e. The van der Waals surface area contributed by atoms with Crippen molar-refractivity contribution in [1.82, 2.24) is 10.2 Å². The highest BCUT2D eigenvalue weighted by molar-refractivity contribution is 5.62. The van der Waals surface area contributed by atoms with Gasteiger partial charge in [-0.3, -0.25) is 0 Å². The molecule has 0 radical (unpaired) electrons. The molecule has 2 heterocycles. The SMILES string of the molecule is CNc1ccc(-c2cc(C)oc2C)nn1. The van der Waals surface area contributed by atoms with Gasteiger partial charge in [0, 0.05) is 12.6 Å². The van der Waals surface area contributed by atoms with E-state index in [2.05, 4.69) is 15.5 Å². The highest BCUT2D eigenvalue weighted by atomic mass is 16.3. The zero-order chi connectivity index (χ0) is 10.8. The van der Waals surface area contributed by atoms with E-state index < -0.39 is 0 Å². The molecule has 78 valence electrons. The molecule has 15 heavy (non-hydrogen) atoms. The van der Waals surface area contributed by atoms with E-state index in [1.807, 2.05) is 39.1 Å². The predicted molar refractivity (Wildman–Crippen MR) is 58.8 cm³/mol. The van der Waals surface area contributed by atoms with Gasteiger partial charge in [-0.25, -0.2) is 0 Å². The van der Waals surface area contributed by atoms with E-state index in [1.165, 1.54) is 0 Å². The van der Waals surface area contributed by atoms with Crippen LogP contribution in [0.1, 0.15) is 11.5 Å². The number of rotatable bonds is 2. The van der Waals surface area contributed by atoms with Crippen LogP contribution < -0.4 is 5.32 Å². The van der Waals surface area contributed by atoms with Crippen LogP contribution in [-0.2, 0) is 0 Å². The van der Waals surface area contributed by atoms with Gasteiger partial charge in [0.2, 0.25) is 0 Å². The van der Waals surface area contributed by atoms with E-state index in [1.54, 1.807) is 0 Å². The summed E-state index contributed by atoms with van der Waals surface area (Å²) in [6, 6.07) is 5.79. The Morgan fingerprint density at radius 1 is 1.20 bits per heavy atom. The molecule has 0 atom stereocenters. The van der Waals surface area contributed by atoms with Gasteiger partial charge in [0.1, 0.15) is 17.3 Å². The van der Waals surface area contributed by atoms with E-state index in [0.717, 1.165) is 28.6 Å². The van der Waals surface area contributed by atoms with E-state index >= 15 is 0 Å². The molecule has 4 nitrogen and oxygen atoms in total. The zero-order valence-electron chi connectivity index (χ0n) is 9.03. The Labute approximate surface area is 88.3 Å². The first-order valence-electron chi connectivity index (χ1n) is 4.79. The molecule has 0 saturated carbocycles. The number of anilines is 1. The second kappa shape index (κ2) is 3.73. The lowest BCUT2D eigenvalue weighted by Crippen LogP contribution is -1.95. The molecule has 0 spiro atoms. The van der Waals surface area contributed by atoms with Gasteiger partial charge in [-0.05, 0) is 32.0 Å². The molecule has 0 aromatic carbocycles. The minimum Gasteiger partial charge on any atom is -0.466 e. The number of hydrogen-bond acceptors (Lipinski definition) is 4. The molecule has 0 amide bonds. The maximum absolute atomic E-state index is 5.44. The van der Waals surface area contributed by atoms with Gasteiger partial charge in [0.25, 0.3) is 0 Å². The molecule has 0 unspecified atom stereocenters. The lowest BCUT2D eigenvalue weighted by atomic mass is 10.2. The normalized spacial score (nSPS) is 10.3. The van der Waals surface area contributed by atoms with Crippen LogP contribution >= 0.6 is 0 Å². The minimum absolute atomic E-state index is 0.761. The van der Waals surface area contributed by atoms with Crippen LogP contribution in [0.4, 0.5) is 5.82 Å². The first-order valence-corrected chi connectivity index (χ1v) is 4.79. The average Bonchev–Trinajstić information content (AvgIpc) is 2.58. The van der Waals surface area contributed by atoms with E-state index in [9.17, 15) is 0 Å². The summed E-state index contributed by atoms with van der Waals surface area (Å²) in [7, 11) is 1.82. The summed E-state index contributed by atoms with van der Waals surface area (Å²) >= 11 is 0. The van der Waals surface area contributed by atoms with Crippen LogP contribution in [0.5, 0.6) is 0 Å². The third-order valence-corrected chi connectivity index (χ3v) is 2.24. The Kier molecular flexibility index (Phi) is 2.41. The number of nitrogens with zero attached hydrogens (tertiary/aromatic N) is 2. The van der Waals surface area contributed by atoms with Gasteiger partial charge in [-0.15, -0.1) is 10.2 Å². The van der Waals surface area contributed by atoms with Gasteiger partial charge >= 0.3 is 0 Å². The molecule has 2 aromatic rings. The van der Waals surface area contributed by atoms with Crippen LogP contribution in [0.2, 0.25) is 0 Å². The van der Waals surface area contributed by atoms with Crippen LogP contribution in [0, 0.1) is 13.8 Å². The molecule has 2 aromatic heterocycles. The minimum atomic E-state index is 0.761. The van der Waals surface area contributed by atoms with Crippen molar-refractivity contribution in [2.24, 2.45) is 0 Å². The van der Waals surface area contributed by atoms with Crippen molar-refractivity contribution in [1.29, 1.82) is 0 Å². The lowest BCUT2D eigenvalue weighted by molar-refractivity contribution is 0.505. The van der Waals surface area contributed by atoms with E-state index in [-0.39, 0.29) is 0 Å². The summed E-state index contributed by atoms with van der Waals surface area (Å²) in [5, 5.41) is 11.1. The van der Waals surface area contributed by atoms with Gasteiger partial charge in [-0.2, -0.15) is 0 Å². The highest BCUT2D eigenvalue weighted by Crippen LogP contribution is 2.24. The number of hydrogen-bond donors (Lipinski definition) is 1. The van der Waals surface area contributed by atoms with Crippen molar-refractivity contribution in [3.05, 3.63) is 29.7 Å². The Hall–Kier alpha value is -1.84. The summed E-state index contributed by atoms with van der Waals surface area (Å²) in [4.78, 5) is 0. The maximum atomic E-state index is 5.44. The van der Waals surface area contributed by atoms with E-state index in [0.29, 0.717) is 0 Å². The van der Waals surface area contributed by atoms with Crippen LogP contribution in [0.15, 0.2) is 22.6 Å². The lowest BCUT2D eigenvalue weighted by Gasteiger charge is -1.99. The standard InChI is InChI=1S/C11H13N3O/c1-7-6-9(8(2)15-7)10-4-5-11(12-3)14-13-10/h4-6H,1-3H3,(H,12,14). The molecule has 0 bridgehead atoms. The van der Waals surface area contributed by atoms with Crippen LogP contribution in [0.25, 0.3) is 11.3 Å². The summed E-state index contributed by atoms with van der Waals surface area (Å²) in [6.45, 7) is 3.85. The Balaban J connectivity index is 2.41. The molecule has 1 N–H and O–H groups in total. The van der Waals surface area contributed by atoms with Gasteiger partial charge < -0.3 is 9.73 Å². The van der Waals surface area contributed by atoms with E-state index in [4.69, 9.17) is 4.42 Å². The summed E-state index contributed by atoms with van der Waals surface area (Å²) in [5.74, 6) is 2.53. The van der Waals surface area contributed by atoms with Gasteiger partial charge in [0.05, 0.1) is 5.69 Å². The number of aromatic nitrogens is 2. The molecular weight excluding hydrogens is 190 g/mol. The average molecular weight is 203 g/mol. The molecule has 0 fully saturated rings. The highest BCUT2D eigenvalue weighted by Gasteiger charge is 2.08. The molecule has 0 aliphatic heterocycles. The Bertz CT molecular complexity index is 459. The fourth-order valence-corrected chi connectivity index (χ4v) is 1.49. The molecule has 0 aliphatic carbocycles. The molecule has 0 aliphatic rings. The largest absolute Gasteiger partial charge is 0.466 e. The first kappa shape index (κ1) is 9.71. The van der Waals surface area contributed by atoms with Gasteiger partial charge in [-0.1, -0.05) is 0 Å². The Morgan fingerprint density at radius 2 is 2.00 bits per heavy atom. The van der Waals surface area contributed by atoms with Crippen molar-refractivity contribution in [3.63, 3.8) is 0 Å². The fourth-order valence-electron chi connectivity index (χ4n) is 1.49. The molecular formula is C11H13N3O. The quantitative estimate of drug-likeness (QED) is 0.814. The summed E-state index contributed by atoms with van der Waals surface area (Å²) in [5.41, 5.74) is 1.84. The topological polar surface area (TPSA) is 51.0 Å². The molecule has 4 heteroatoms. The smallest absolute Gasteiger partial charge is 0.148 e. The van der Waals surface area contributed by atoms with Crippen molar-refractivity contribution in [2.75, 3.05) is 12.4 Å². The summed E-state index contributed by atoms with van der Waals surface area (Å²) < 4.78 is 5.44. The third-order valence-electron chi connectivity index (χ3n) is 2.24. The predicted octanol–water partition coefficient (Wildman–Crippen LogP) is 2.40. The first-order chi connectivity index (χ1) is 7.20. The Morgan fingerprint density at radius 3 is 2.47 bits per heavy atom. The summed E-state index contributed by atoms with van der Waals surface area (Å²) in [6.07, 6.45) is 0. The van der Waals surface area contributed by atoms with Crippen molar-refractivity contribution in [2.45, 2.75) is 13.8 Å². The van der Waals surface area contributed by atoms with Crippen LogP contribution in [-0.4, -0.2) is 17.2 Å². The zero-order valence-corrected chi connectivity index (χ0v) is 9.03. The number of aryl methyl sites for hydroxylation is 2. The second-order valence-electron chi connectivity index (χ2n) is 3.38. The molecule has 2 rings (SSSR count). The van der Waals surface area contributed by atoms with Crippen molar-refractivity contribution >= 4 is 5.82 Å². The monoisotopic (exact) mass is 203 g/mol. The number of nitrogens with one attached hydrogen (secondary N) is 1. The van der Waals surface area contributed by atoms with Crippen LogP contribution in [0.3, 0.4) is 0 Å².